The van der Waals surface area contributed by atoms with Crippen molar-refractivity contribution in [2.45, 2.75) is 6.54 Å². The summed E-state index contributed by atoms with van der Waals surface area (Å²) in [5.74, 6) is 0.435. The highest BCUT2D eigenvalue weighted by Crippen LogP contribution is 2.21. The Morgan fingerprint density at radius 2 is 2.15 bits per heavy atom. The summed E-state index contributed by atoms with van der Waals surface area (Å²) in [5, 5.41) is 15.9. The highest BCUT2D eigenvalue weighted by atomic mass is 16.6. The summed E-state index contributed by atoms with van der Waals surface area (Å²) in [7, 11) is 0. The zero-order valence-corrected chi connectivity index (χ0v) is 10.4. The summed E-state index contributed by atoms with van der Waals surface area (Å²) in [6.07, 6.45) is 3.31. The van der Waals surface area contributed by atoms with Crippen molar-refractivity contribution in [3.05, 3.63) is 58.4 Å². The van der Waals surface area contributed by atoms with Gasteiger partial charge in [0.25, 0.3) is 5.69 Å². The van der Waals surface area contributed by atoms with Gasteiger partial charge in [0.1, 0.15) is 5.82 Å². The van der Waals surface area contributed by atoms with Crippen LogP contribution in [0, 0.1) is 10.1 Å². The fourth-order valence-corrected chi connectivity index (χ4v) is 2.06. The normalized spacial score (nSPS) is 10.8. The zero-order chi connectivity index (χ0) is 14.1. The van der Waals surface area contributed by atoms with E-state index >= 15 is 0 Å². The summed E-state index contributed by atoms with van der Waals surface area (Å²) >= 11 is 0. The predicted octanol–water partition coefficient (Wildman–Crippen LogP) is 1.97. The van der Waals surface area contributed by atoms with Crippen molar-refractivity contribution in [3.8, 4) is 0 Å². The summed E-state index contributed by atoms with van der Waals surface area (Å²) in [6, 6.07) is 8.27. The van der Waals surface area contributed by atoms with Gasteiger partial charge in [0.15, 0.2) is 0 Å². The zero-order valence-electron chi connectivity index (χ0n) is 10.4. The minimum absolute atomic E-state index is 0.0495. The van der Waals surface area contributed by atoms with E-state index in [-0.39, 0.29) is 5.69 Å². The molecule has 0 aliphatic carbocycles. The van der Waals surface area contributed by atoms with E-state index in [0.29, 0.717) is 12.4 Å². The van der Waals surface area contributed by atoms with Crippen LogP contribution in [0.1, 0.15) is 5.56 Å². The third-order valence-corrected chi connectivity index (χ3v) is 3.02. The monoisotopic (exact) mass is 269 g/mol. The third-order valence-electron chi connectivity index (χ3n) is 3.02. The molecule has 7 nitrogen and oxygen atoms in total. The second kappa shape index (κ2) is 4.61. The van der Waals surface area contributed by atoms with E-state index in [9.17, 15) is 10.1 Å². The number of nitrogen functional groups attached to an aromatic ring is 1. The largest absolute Gasteiger partial charge is 0.384 e. The standard InChI is InChI=1S/C13H11N5O2/c14-13-5-9(3-4-15-13)8-17-12-6-11(18(19)20)2-1-10(12)7-16-17/h1-7H,8H2,(H2,14,15). The smallest absolute Gasteiger partial charge is 0.271 e. The first-order valence-corrected chi connectivity index (χ1v) is 5.94. The van der Waals surface area contributed by atoms with Crippen LogP contribution in [-0.2, 0) is 6.54 Å². The van der Waals surface area contributed by atoms with Gasteiger partial charge in [-0.2, -0.15) is 5.10 Å². The van der Waals surface area contributed by atoms with E-state index in [1.165, 1.54) is 12.1 Å². The lowest BCUT2D eigenvalue weighted by atomic mass is 10.2. The Morgan fingerprint density at radius 3 is 2.90 bits per heavy atom. The molecule has 7 heteroatoms. The Bertz CT molecular complexity index is 796. The number of rotatable bonds is 3. The Hall–Kier alpha value is -2.96. The molecule has 0 radical (unpaired) electrons. The topological polar surface area (TPSA) is 99.9 Å². The predicted molar refractivity (Wildman–Crippen MR) is 74.1 cm³/mol. The number of nitrogens with two attached hydrogens (primary N) is 1. The lowest BCUT2D eigenvalue weighted by Crippen LogP contribution is -2.02. The second-order valence-electron chi connectivity index (χ2n) is 4.39. The second-order valence-corrected chi connectivity index (χ2v) is 4.39. The molecule has 0 fully saturated rings. The van der Waals surface area contributed by atoms with Crippen molar-refractivity contribution in [3.63, 3.8) is 0 Å². The van der Waals surface area contributed by atoms with Crippen molar-refractivity contribution < 1.29 is 4.92 Å². The Labute approximate surface area is 113 Å². The number of nitro benzene ring substituents is 1. The van der Waals surface area contributed by atoms with Gasteiger partial charge in [-0.3, -0.25) is 14.8 Å². The Morgan fingerprint density at radius 1 is 1.30 bits per heavy atom. The number of pyridine rings is 1. The van der Waals surface area contributed by atoms with Crippen LogP contribution in [0.2, 0.25) is 0 Å². The molecule has 3 aromatic rings. The van der Waals surface area contributed by atoms with E-state index in [1.807, 2.05) is 6.07 Å². The van der Waals surface area contributed by atoms with Crippen LogP contribution in [0.5, 0.6) is 0 Å². The number of aromatic nitrogens is 3. The summed E-state index contributed by atoms with van der Waals surface area (Å²) in [4.78, 5) is 14.3. The molecule has 0 bridgehead atoms. The average molecular weight is 269 g/mol. The highest BCUT2D eigenvalue weighted by Gasteiger charge is 2.10. The van der Waals surface area contributed by atoms with Crippen LogP contribution in [0.4, 0.5) is 11.5 Å². The van der Waals surface area contributed by atoms with Crippen LogP contribution in [0.3, 0.4) is 0 Å². The first kappa shape index (κ1) is 12.1. The molecule has 2 heterocycles. The average Bonchev–Trinajstić information content (AvgIpc) is 2.81. The number of fused-ring (bicyclic) bond motifs is 1. The number of non-ortho nitro benzene ring substituents is 1. The molecule has 3 rings (SSSR count). The number of nitrogens with zero attached hydrogens (tertiary/aromatic N) is 4. The molecule has 20 heavy (non-hydrogen) atoms. The van der Waals surface area contributed by atoms with Gasteiger partial charge in [-0.1, -0.05) is 0 Å². The van der Waals surface area contributed by atoms with Crippen molar-refractivity contribution in [1.29, 1.82) is 0 Å². The summed E-state index contributed by atoms with van der Waals surface area (Å²) < 4.78 is 1.71. The van der Waals surface area contributed by atoms with Crippen LogP contribution in [0.25, 0.3) is 10.9 Å². The molecule has 0 atom stereocenters. The first-order valence-electron chi connectivity index (χ1n) is 5.94. The van der Waals surface area contributed by atoms with E-state index in [1.54, 1.807) is 29.2 Å². The molecule has 2 N–H and O–H groups in total. The van der Waals surface area contributed by atoms with Gasteiger partial charge in [-0.25, -0.2) is 4.98 Å². The van der Waals surface area contributed by atoms with Gasteiger partial charge < -0.3 is 5.73 Å². The van der Waals surface area contributed by atoms with E-state index < -0.39 is 4.92 Å². The molecule has 0 aliphatic rings. The number of hydrogen-bond donors (Lipinski definition) is 1. The maximum atomic E-state index is 10.8. The minimum Gasteiger partial charge on any atom is -0.384 e. The van der Waals surface area contributed by atoms with Crippen LogP contribution in [-0.4, -0.2) is 19.7 Å². The van der Waals surface area contributed by atoms with E-state index in [0.717, 1.165) is 16.5 Å². The molecule has 0 saturated heterocycles. The lowest BCUT2D eigenvalue weighted by Gasteiger charge is -2.04. The Kier molecular flexibility index (Phi) is 2.79. The van der Waals surface area contributed by atoms with Crippen molar-refractivity contribution in [1.82, 2.24) is 14.8 Å². The number of nitro groups is 1. The Balaban J connectivity index is 2.03. The molecular formula is C13H11N5O2. The summed E-state index contributed by atoms with van der Waals surface area (Å²) in [5.41, 5.74) is 7.34. The molecule has 2 aromatic heterocycles. The molecule has 100 valence electrons. The van der Waals surface area contributed by atoms with E-state index in [4.69, 9.17) is 5.73 Å². The number of anilines is 1. The first-order chi connectivity index (χ1) is 9.63. The molecule has 1 aromatic carbocycles. The summed E-state index contributed by atoms with van der Waals surface area (Å²) in [6.45, 7) is 0.484. The van der Waals surface area contributed by atoms with Gasteiger partial charge in [0, 0.05) is 23.7 Å². The van der Waals surface area contributed by atoms with Crippen molar-refractivity contribution in [2.75, 3.05) is 5.73 Å². The van der Waals surface area contributed by atoms with Gasteiger partial charge in [0.05, 0.1) is 23.2 Å². The van der Waals surface area contributed by atoms with Crippen LogP contribution in [0.15, 0.2) is 42.7 Å². The quantitative estimate of drug-likeness (QED) is 0.578. The van der Waals surface area contributed by atoms with Crippen LogP contribution < -0.4 is 5.73 Å². The third kappa shape index (κ3) is 2.16. The maximum absolute atomic E-state index is 10.8. The van der Waals surface area contributed by atoms with Crippen molar-refractivity contribution in [2.24, 2.45) is 0 Å². The van der Waals surface area contributed by atoms with Gasteiger partial charge in [-0.05, 0) is 23.8 Å². The SMILES string of the molecule is Nc1cc(Cn2ncc3ccc([N+](=O)[O-])cc32)ccn1. The highest BCUT2D eigenvalue weighted by molar-refractivity contribution is 5.81. The molecule has 0 spiro atoms. The molecule has 0 unspecified atom stereocenters. The maximum Gasteiger partial charge on any atom is 0.271 e. The number of hydrogen-bond acceptors (Lipinski definition) is 5. The fraction of sp³-hybridized carbons (Fsp3) is 0.0769. The van der Waals surface area contributed by atoms with Crippen LogP contribution >= 0.6 is 0 Å². The van der Waals surface area contributed by atoms with Gasteiger partial charge in [0.2, 0.25) is 0 Å². The molecule has 0 saturated carbocycles. The molecule has 0 aliphatic heterocycles. The molecular weight excluding hydrogens is 258 g/mol. The number of benzene rings is 1. The van der Waals surface area contributed by atoms with Gasteiger partial charge in [-0.15, -0.1) is 0 Å². The molecule has 0 amide bonds. The van der Waals surface area contributed by atoms with Crippen molar-refractivity contribution >= 4 is 22.4 Å². The minimum atomic E-state index is -0.415. The lowest BCUT2D eigenvalue weighted by molar-refractivity contribution is -0.384. The van der Waals surface area contributed by atoms with Gasteiger partial charge >= 0.3 is 0 Å². The fourth-order valence-electron chi connectivity index (χ4n) is 2.06. The van der Waals surface area contributed by atoms with E-state index in [2.05, 4.69) is 10.1 Å².